The fraction of sp³-hybridized carbons (Fsp3) is 0.370. The van der Waals surface area contributed by atoms with Crippen LogP contribution in [-0.2, 0) is 31.5 Å². The maximum atomic E-state index is 12.6. The van der Waals surface area contributed by atoms with Gasteiger partial charge in [0.15, 0.2) is 0 Å². The van der Waals surface area contributed by atoms with Crippen molar-refractivity contribution in [1.82, 2.24) is 15.1 Å². The molecule has 0 bridgehead atoms. The van der Waals surface area contributed by atoms with Crippen molar-refractivity contribution in [1.29, 1.82) is 0 Å². The van der Waals surface area contributed by atoms with E-state index < -0.39 is 54.6 Å². The smallest absolute Gasteiger partial charge is 0.416 e. The minimum atomic E-state index is -4.63. The van der Waals surface area contributed by atoms with E-state index in [1.54, 1.807) is 4.90 Å². The second-order valence-electron chi connectivity index (χ2n) is 9.53. The molecule has 0 radical (unpaired) electrons. The van der Waals surface area contributed by atoms with E-state index in [0.29, 0.717) is 18.7 Å². The number of hydrogen-bond acceptors (Lipinski definition) is 9. The fourth-order valence-electron chi connectivity index (χ4n) is 3.82. The summed E-state index contributed by atoms with van der Waals surface area (Å²) < 4.78 is 54.1. The number of nitrogens with zero attached hydrogens (tertiary/aromatic N) is 4. The number of ether oxygens (including phenoxy) is 1. The van der Waals surface area contributed by atoms with Crippen molar-refractivity contribution in [2.75, 3.05) is 42.7 Å². The van der Waals surface area contributed by atoms with Crippen LogP contribution in [0, 0.1) is 17.0 Å². The molecule has 0 saturated carbocycles. The standard InChI is InChI=1S/C14H20ClNO2.C10H5Cl2F3N4O2.C3H8NO5P/c1-4-12-8-6-7-11(3)14(12)16(10-18-5-2)13(17)9-15;11-5-1-4(10(13,14)15)2-6(12)8(5)18-9(16)7(3-17-18)19(20)21;5-3(6)1-4-2-10(7,8)9/h6-8H,4-5,9-10H2,1-3H3;1-3H,16H2;4H,1-2H2,(H,5,6)(H2,7,8,9). The molecule has 6 N–H and O–H groups in total. The molecule has 0 aliphatic heterocycles. The number of nitrogens with two attached hydrogens (primary N) is 1. The number of nitrogens with one attached hydrogen (secondary N) is 1. The van der Waals surface area contributed by atoms with Gasteiger partial charge in [-0.25, -0.2) is 4.68 Å². The second-order valence-corrected chi connectivity index (χ2v) is 12.3. The first-order valence-corrected chi connectivity index (χ1v) is 16.8. The van der Waals surface area contributed by atoms with E-state index in [4.69, 9.17) is 60.2 Å². The number of nitrogen functional groups attached to an aromatic ring is 1. The van der Waals surface area contributed by atoms with E-state index >= 15 is 0 Å². The number of benzene rings is 2. The number of aryl methyl sites for hydroxylation is 2. The van der Waals surface area contributed by atoms with E-state index in [9.17, 15) is 37.4 Å². The molecule has 0 aliphatic carbocycles. The van der Waals surface area contributed by atoms with Gasteiger partial charge in [0.2, 0.25) is 11.7 Å². The number of rotatable bonds is 12. The number of carbonyl (C=O) groups excluding carboxylic acids is 1. The maximum Gasteiger partial charge on any atom is 0.416 e. The molecule has 272 valence electrons. The summed E-state index contributed by atoms with van der Waals surface area (Å²) in [4.78, 5) is 49.6. The SMILES string of the molecule is CCOCN(C(=O)CCl)c1c(C)cccc1CC.Nc1c([N+](=O)[O-])cnn1-c1c(Cl)cc(C(F)(F)F)cc1Cl.O=C(O)CNCP(=O)(O)O. The number of aliphatic carboxylic acids is 1. The Labute approximate surface area is 293 Å². The number of nitro groups is 1. The highest BCUT2D eigenvalue weighted by molar-refractivity contribution is 7.51. The Morgan fingerprint density at radius 1 is 1.20 bits per heavy atom. The Hall–Kier alpha value is -3.48. The van der Waals surface area contributed by atoms with Crippen molar-refractivity contribution in [3.05, 3.63) is 73.4 Å². The molecule has 0 unspecified atom stereocenters. The van der Waals surface area contributed by atoms with Gasteiger partial charge in [-0.1, -0.05) is 48.3 Å². The van der Waals surface area contributed by atoms with Gasteiger partial charge < -0.3 is 25.4 Å². The van der Waals surface area contributed by atoms with E-state index in [1.165, 1.54) is 0 Å². The number of para-hydroxylation sites is 1. The van der Waals surface area contributed by atoms with Crippen LogP contribution in [0.15, 0.2) is 36.5 Å². The first-order valence-electron chi connectivity index (χ1n) is 13.7. The molecule has 0 spiro atoms. The lowest BCUT2D eigenvalue weighted by atomic mass is 10.0. The van der Waals surface area contributed by atoms with Crippen LogP contribution in [0.1, 0.15) is 30.5 Å². The molecule has 3 rings (SSSR count). The molecule has 15 nitrogen and oxygen atoms in total. The number of anilines is 2. The Bertz CT molecular complexity index is 1630. The first-order chi connectivity index (χ1) is 22.7. The number of carbonyl (C=O) groups is 2. The lowest BCUT2D eigenvalue weighted by Gasteiger charge is -2.25. The largest absolute Gasteiger partial charge is 0.480 e. The Balaban J connectivity index is 0.000000391. The van der Waals surface area contributed by atoms with Crippen LogP contribution >= 0.6 is 42.4 Å². The third-order valence-corrected chi connectivity index (χ3v) is 7.39. The van der Waals surface area contributed by atoms with Crippen molar-refractivity contribution < 1.29 is 51.9 Å². The number of hydrogen-bond donors (Lipinski definition) is 5. The summed E-state index contributed by atoms with van der Waals surface area (Å²) in [6.07, 6.45) is -3.51. The van der Waals surface area contributed by atoms with Gasteiger partial charge in [-0.2, -0.15) is 18.3 Å². The van der Waals surface area contributed by atoms with Crippen LogP contribution < -0.4 is 16.0 Å². The lowest BCUT2D eigenvalue weighted by Crippen LogP contribution is -2.35. The van der Waals surface area contributed by atoms with Crippen LogP contribution in [-0.4, -0.2) is 73.5 Å². The zero-order valence-corrected chi connectivity index (χ0v) is 29.2. The predicted molar refractivity (Wildman–Crippen MR) is 177 cm³/mol. The molecular formula is C27H33Cl3F3N6O9P. The number of carboxylic acids is 1. The van der Waals surface area contributed by atoms with Gasteiger partial charge in [0.25, 0.3) is 0 Å². The normalized spacial score (nSPS) is 11.2. The molecule has 1 heterocycles. The number of aromatic nitrogens is 2. The monoisotopic (exact) mass is 778 g/mol. The highest BCUT2D eigenvalue weighted by Crippen LogP contribution is 2.39. The third-order valence-electron chi connectivity index (χ3n) is 5.94. The van der Waals surface area contributed by atoms with Gasteiger partial charge >= 0.3 is 25.4 Å². The minimum absolute atomic E-state index is 0.0371. The third kappa shape index (κ3) is 13.7. The van der Waals surface area contributed by atoms with Crippen LogP contribution in [0.25, 0.3) is 5.69 Å². The van der Waals surface area contributed by atoms with E-state index in [2.05, 4.69) is 17.3 Å². The summed E-state index contributed by atoms with van der Waals surface area (Å²) in [5, 5.41) is 23.6. The Morgan fingerprint density at radius 3 is 2.22 bits per heavy atom. The van der Waals surface area contributed by atoms with E-state index in [-0.39, 0.29) is 34.3 Å². The number of alkyl halides is 4. The van der Waals surface area contributed by atoms with Crippen LogP contribution in [0.3, 0.4) is 0 Å². The van der Waals surface area contributed by atoms with Gasteiger partial charge in [0, 0.05) is 6.61 Å². The van der Waals surface area contributed by atoms with E-state index in [0.717, 1.165) is 34.1 Å². The number of halogens is 6. The molecule has 22 heteroatoms. The highest BCUT2D eigenvalue weighted by atomic mass is 35.5. The summed E-state index contributed by atoms with van der Waals surface area (Å²) >= 11 is 17.2. The first kappa shape index (κ1) is 43.5. The van der Waals surface area contributed by atoms with Crippen LogP contribution in [0.2, 0.25) is 10.0 Å². The molecule has 0 fully saturated rings. The molecule has 0 aliphatic rings. The summed E-state index contributed by atoms with van der Waals surface area (Å²) in [6.45, 7) is 6.35. The molecular weight excluding hydrogens is 747 g/mol. The Morgan fingerprint density at radius 2 is 1.80 bits per heavy atom. The van der Waals surface area contributed by atoms with Crippen LogP contribution in [0.5, 0.6) is 0 Å². The maximum absolute atomic E-state index is 12.6. The molecule has 1 aromatic heterocycles. The Kier molecular flexibility index (Phi) is 17.5. The average Bonchev–Trinajstić information content (AvgIpc) is 3.37. The molecule has 1 amide bonds. The van der Waals surface area contributed by atoms with Gasteiger partial charge in [-0.15, -0.1) is 11.6 Å². The topological polar surface area (TPSA) is 223 Å². The second kappa shape index (κ2) is 19.6. The van der Waals surface area contributed by atoms with Gasteiger partial charge in [0.1, 0.15) is 24.5 Å². The molecule has 0 saturated heterocycles. The fourth-order valence-corrected chi connectivity index (χ4v) is 5.01. The van der Waals surface area contributed by atoms with Crippen molar-refractivity contribution in [3.63, 3.8) is 0 Å². The minimum Gasteiger partial charge on any atom is -0.480 e. The average molecular weight is 780 g/mol. The highest BCUT2D eigenvalue weighted by Gasteiger charge is 2.33. The van der Waals surface area contributed by atoms with Gasteiger partial charge in [0.05, 0.1) is 39.1 Å². The summed E-state index contributed by atoms with van der Waals surface area (Å²) in [6, 6.07) is 7.30. The van der Waals surface area contributed by atoms with Crippen molar-refractivity contribution in [3.8, 4) is 5.69 Å². The zero-order chi connectivity index (χ0) is 37.7. The van der Waals surface area contributed by atoms with E-state index in [1.807, 2.05) is 32.0 Å². The number of carboxylic acid groups (broad SMARTS) is 1. The van der Waals surface area contributed by atoms with Crippen LogP contribution in [0.4, 0.5) is 30.4 Å². The van der Waals surface area contributed by atoms with Crippen molar-refractivity contribution >= 4 is 71.5 Å². The molecule has 3 aromatic rings. The van der Waals surface area contributed by atoms with Crippen molar-refractivity contribution in [2.24, 2.45) is 0 Å². The van der Waals surface area contributed by atoms with Gasteiger partial charge in [-0.3, -0.25) is 34.5 Å². The molecule has 49 heavy (non-hydrogen) atoms. The zero-order valence-electron chi connectivity index (χ0n) is 26.1. The summed E-state index contributed by atoms with van der Waals surface area (Å²) in [7, 11) is -4.10. The summed E-state index contributed by atoms with van der Waals surface area (Å²) in [5.41, 5.74) is 6.91. The molecule has 0 atom stereocenters. The predicted octanol–water partition coefficient (Wildman–Crippen LogP) is 5.61. The summed E-state index contributed by atoms with van der Waals surface area (Å²) in [5.74, 6) is -1.71. The quantitative estimate of drug-likeness (QED) is 0.0498. The number of amides is 1. The van der Waals surface area contributed by atoms with Gasteiger partial charge in [-0.05, 0) is 43.5 Å². The molecule has 2 aromatic carbocycles. The van der Waals surface area contributed by atoms with Crippen molar-refractivity contribution in [2.45, 2.75) is 33.4 Å². The lowest BCUT2D eigenvalue weighted by molar-refractivity contribution is -0.383.